The van der Waals surface area contributed by atoms with Gasteiger partial charge in [-0.3, -0.25) is 14.4 Å². The lowest BCUT2D eigenvalue weighted by Crippen LogP contribution is -2.45. The highest BCUT2D eigenvalue weighted by atomic mass is 19.1. The van der Waals surface area contributed by atoms with Crippen LogP contribution in [0.5, 0.6) is 0 Å². The van der Waals surface area contributed by atoms with E-state index < -0.39 is 17.3 Å². The van der Waals surface area contributed by atoms with Crippen LogP contribution in [0.15, 0.2) is 22.7 Å². The second-order valence-corrected chi connectivity index (χ2v) is 8.11. The standard InChI is InChI=1S/C22H28FN5O4/c1-14(29)24-16-7-8-17(23)18(13-16)25-19(31)9-10-20-26-21(28-32-20)22(27-15(2)30)11-5-3-4-6-12-22/h7-8,13H,3-6,9-12H2,1-2H3,(H,24,29)(H,25,31)(H,27,30). The second kappa shape index (κ2) is 10.3. The first-order valence-corrected chi connectivity index (χ1v) is 10.8. The molecule has 0 unspecified atom stereocenters. The summed E-state index contributed by atoms with van der Waals surface area (Å²) in [4.78, 5) is 39.7. The molecule has 172 valence electrons. The molecule has 0 aliphatic heterocycles. The molecule has 1 aromatic carbocycles. The van der Waals surface area contributed by atoms with Gasteiger partial charge in [-0.05, 0) is 31.0 Å². The molecule has 2 aromatic rings. The van der Waals surface area contributed by atoms with Crippen LogP contribution in [-0.4, -0.2) is 27.9 Å². The van der Waals surface area contributed by atoms with Crippen LogP contribution in [0.2, 0.25) is 0 Å². The molecule has 32 heavy (non-hydrogen) atoms. The zero-order chi connectivity index (χ0) is 23.1. The minimum Gasteiger partial charge on any atom is -0.343 e. The molecule has 0 bridgehead atoms. The highest BCUT2D eigenvalue weighted by molar-refractivity contribution is 5.93. The zero-order valence-electron chi connectivity index (χ0n) is 18.3. The molecule has 10 heteroatoms. The van der Waals surface area contributed by atoms with Gasteiger partial charge in [0.25, 0.3) is 0 Å². The van der Waals surface area contributed by atoms with Gasteiger partial charge in [0, 0.05) is 32.4 Å². The molecule has 0 saturated heterocycles. The number of carbonyl (C=O) groups excluding carboxylic acids is 3. The summed E-state index contributed by atoms with van der Waals surface area (Å²) >= 11 is 0. The van der Waals surface area contributed by atoms with E-state index in [2.05, 4.69) is 26.1 Å². The van der Waals surface area contributed by atoms with Gasteiger partial charge < -0.3 is 20.5 Å². The number of nitrogens with one attached hydrogen (secondary N) is 3. The Kier molecular flexibility index (Phi) is 7.55. The minimum absolute atomic E-state index is 0.00141. The van der Waals surface area contributed by atoms with E-state index >= 15 is 0 Å². The van der Waals surface area contributed by atoms with Crippen LogP contribution in [0.25, 0.3) is 0 Å². The van der Waals surface area contributed by atoms with Crippen molar-refractivity contribution in [2.24, 2.45) is 0 Å². The van der Waals surface area contributed by atoms with Crippen molar-refractivity contribution in [3.63, 3.8) is 0 Å². The molecule has 3 N–H and O–H groups in total. The molecule has 0 spiro atoms. The van der Waals surface area contributed by atoms with Gasteiger partial charge in [-0.2, -0.15) is 4.98 Å². The van der Waals surface area contributed by atoms with Gasteiger partial charge in [0.2, 0.25) is 23.6 Å². The van der Waals surface area contributed by atoms with Crippen molar-refractivity contribution in [2.45, 2.75) is 70.8 Å². The number of halogens is 1. The lowest BCUT2D eigenvalue weighted by Gasteiger charge is -2.30. The first-order chi connectivity index (χ1) is 15.3. The van der Waals surface area contributed by atoms with E-state index in [0.717, 1.165) is 38.5 Å². The summed E-state index contributed by atoms with van der Waals surface area (Å²) in [7, 11) is 0. The van der Waals surface area contributed by atoms with Gasteiger partial charge in [0.1, 0.15) is 11.4 Å². The Balaban J connectivity index is 1.64. The van der Waals surface area contributed by atoms with Crippen molar-refractivity contribution in [1.82, 2.24) is 15.5 Å². The molecule has 0 atom stereocenters. The summed E-state index contributed by atoms with van der Waals surface area (Å²) in [6.07, 6.45) is 5.72. The van der Waals surface area contributed by atoms with E-state index in [1.165, 1.54) is 32.0 Å². The number of carbonyl (C=O) groups is 3. The van der Waals surface area contributed by atoms with Gasteiger partial charge in [0.05, 0.1) is 5.69 Å². The van der Waals surface area contributed by atoms with Gasteiger partial charge in [-0.25, -0.2) is 4.39 Å². The second-order valence-electron chi connectivity index (χ2n) is 8.11. The highest BCUT2D eigenvalue weighted by Gasteiger charge is 2.38. The van der Waals surface area contributed by atoms with Crippen molar-refractivity contribution < 1.29 is 23.3 Å². The largest absolute Gasteiger partial charge is 0.343 e. The number of nitrogens with zero attached hydrogens (tertiary/aromatic N) is 2. The molecule has 1 fully saturated rings. The van der Waals surface area contributed by atoms with Gasteiger partial charge >= 0.3 is 0 Å². The summed E-state index contributed by atoms with van der Waals surface area (Å²) in [6.45, 7) is 2.81. The van der Waals surface area contributed by atoms with Crippen molar-refractivity contribution in [3.8, 4) is 0 Å². The number of rotatable bonds is 7. The van der Waals surface area contributed by atoms with E-state index in [-0.39, 0.29) is 36.2 Å². The monoisotopic (exact) mass is 445 g/mol. The predicted molar refractivity (Wildman–Crippen MR) is 115 cm³/mol. The average Bonchev–Trinajstić information content (AvgIpc) is 3.08. The smallest absolute Gasteiger partial charge is 0.227 e. The number of aromatic nitrogens is 2. The molecule has 9 nitrogen and oxygen atoms in total. The first-order valence-electron chi connectivity index (χ1n) is 10.8. The molecule has 3 rings (SSSR count). The van der Waals surface area contributed by atoms with Crippen molar-refractivity contribution in [1.29, 1.82) is 0 Å². The van der Waals surface area contributed by atoms with Crippen LogP contribution in [0.3, 0.4) is 0 Å². The number of aryl methyl sites for hydroxylation is 1. The Hall–Kier alpha value is -3.30. The average molecular weight is 445 g/mol. The quantitative estimate of drug-likeness (QED) is 0.561. The third-order valence-corrected chi connectivity index (χ3v) is 5.40. The van der Waals surface area contributed by atoms with Crippen LogP contribution in [0.1, 0.15) is 70.5 Å². The lowest BCUT2D eigenvalue weighted by molar-refractivity contribution is -0.121. The highest BCUT2D eigenvalue weighted by Crippen LogP contribution is 2.34. The molecular weight excluding hydrogens is 417 g/mol. The Labute approximate surface area is 185 Å². The molecule has 0 radical (unpaired) electrons. The number of amides is 3. The fourth-order valence-corrected chi connectivity index (χ4v) is 3.96. The van der Waals surface area contributed by atoms with Crippen LogP contribution in [0.4, 0.5) is 15.8 Å². The van der Waals surface area contributed by atoms with Crippen molar-refractivity contribution in [3.05, 3.63) is 35.7 Å². The van der Waals surface area contributed by atoms with Crippen molar-refractivity contribution in [2.75, 3.05) is 10.6 Å². The Morgan fingerprint density at radius 2 is 1.78 bits per heavy atom. The number of hydrogen-bond acceptors (Lipinski definition) is 6. The summed E-state index contributed by atoms with van der Waals surface area (Å²) in [5, 5.41) is 12.1. The molecule has 3 amide bonds. The van der Waals surface area contributed by atoms with E-state index in [1.54, 1.807) is 0 Å². The normalized spacial score (nSPS) is 15.5. The van der Waals surface area contributed by atoms with Gasteiger partial charge in [-0.1, -0.05) is 30.8 Å². The summed E-state index contributed by atoms with van der Waals surface area (Å²) in [6, 6.07) is 3.92. The van der Waals surface area contributed by atoms with Crippen molar-refractivity contribution >= 4 is 29.1 Å². The van der Waals surface area contributed by atoms with Crippen LogP contribution < -0.4 is 16.0 Å². The summed E-state index contributed by atoms with van der Waals surface area (Å²) in [5.74, 6) is -0.795. The summed E-state index contributed by atoms with van der Waals surface area (Å²) < 4.78 is 19.4. The molecule has 1 aromatic heterocycles. The Morgan fingerprint density at radius 3 is 2.44 bits per heavy atom. The fraction of sp³-hybridized carbons (Fsp3) is 0.500. The van der Waals surface area contributed by atoms with E-state index in [4.69, 9.17) is 4.52 Å². The first kappa shape index (κ1) is 23.4. The SMILES string of the molecule is CC(=O)Nc1ccc(F)c(NC(=O)CCc2nc(C3(NC(C)=O)CCCCCC3)no2)c1. The van der Waals surface area contributed by atoms with E-state index in [0.29, 0.717) is 11.5 Å². The Morgan fingerprint density at radius 1 is 1.06 bits per heavy atom. The van der Waals surface area contributed by atoms with Gasteiger partial charge in [0.15, 0.2) is 5.82 Å². The van der Waals surface area contributed by atoms with Crippen LogP contribution >= 0.6 is 0 Å². The molecule has 1 saturated carbocycles. The Bertz CT molecular complexity index is 982. The predicted octanol–water partition coefficient (Wildman–Crippen LogP) is 3.42. The fourth-order valence-electron chi connectivity index (χ4n) is 3.96. The third-order valence-electron chi connectivity index (χ3n) is 5.40. The minimum atomic E-state index is -0.653. The number of anilines is 2. The molecular formula is C22H28FN5O4. The number of benzene rings is 1. The number of hydrogen-bond donors (Lipinski definition) is 3. The lowest BCUT2D eigenvalue weighted by atomic mass is 9.89. The third kappa shape index (κ3) is 6.12. The molecule has 1 aliphatic carbocycles. The maximum atomic E-state index is 14.0. The maximum absolute atomic E-state index is 14.0. The topological polar surface area (TPSA) is 126 Å². The summed E-state index contributed by atoms with van der Waals surface area (Å²) in [5.41, 5.74) is -0.308. The zero-order valence-corrected chi connectivity index (χ0v) is 18.3. The maximum Gasteiger partial charge on any atom is 0.227 e. The van der Waals surface area contributed by atoms with Crippen LogP contribution in [-0.2, 0) is 26.3 Å². The van der Waals surface area contributed by atoms with Gasteiger partial charge in [-0.15, -0.1) is 0 Å². The van der Waals surface area contributed by atoms with Crippen LogP contribution in [0, 0.1) is 5.82 Å². The van der Waals surface area contributed by atoms with E-state index in [1.807, 2.05) is 0 Å². The van der Waals surface area contributed by atoms with E-state index in [9.17, 15) is 18.8 Å². The molecule has 1 heterocycles. The molecule has 1 aliphatic rings.